The number of fused-ring (bicyclic) bond motifs is 6. The third kappa shape index (κ3) is 18.2. The number of hydrogen-bond acceptors (Lipinski definition) is 13. The number of carbonyl (C=O) groups is 6. The second-order valence-electron chi connectivity index (χ2n) is 28.9. The molecule has 628 valence electrons. The summed E-state index contributed by atoms with van der Waals surface area (Å²) >= 11 is 0.250. The molecule has 3 amide bonds. The lowest BCUT2D eigenvalue weighted by molar-refractivity contribution is -0.140. The van der Waals surface area contributed by atoms with E-state index in [1.807, 2.05) is 93.6 Å². The zero-order chi connectivity index (χ0) is 86.2. The van der Waals surface area contributed by atoms with Gasteiger partial charge < -0.3 is 59.2 Å². The van der Waals surface area contributed by atoms with Crippen molar-refractivity contribution in [2.45, 2.75) is 104 Å². The molecule has 3 aromatic heterocycles. The van der Waals surface area contributed by atoms with Gasteiger partial charge in [-0.15, -0.1) is 0 Å². The minimum absolute atomic E-state index is 0. The SMILES string of the molecule is C.CSF.Cc1c(-c2ccc(C[C@H](NC(=O)c3c(F)cccc3F)C(=O)O)c3c2OCCC3)c(=O)n(C)c2ccccc12.Cc1c(-c2ccc(C[C@H](NC(=O)c3c(F)cccc3F)C(=O)O)c3c2OCCC3)c(=O)n(C)c2ccccc12.Cc1c(-c2ccc(C[C@H](NC(=O)c3c(F)cccc3F)C(=O)O)c3c2OCCC3)c(=O)n(C)c2ccccc12. The highest BCUT2D eigenvalue weighted by atomic mass is 32.2. The van der Waals surface area contributed by atoms with Crippen molar-refractivity contribution in [3.63, 3.8) is 0 Å². The van der Waals surface area contributed by atoms with Gasteiger partial charge in [-0.2, -0.15) is 3.89 Å². The maximum absolute atomic E-state index is 14.1. The predicted octanol–water partition coefficient (Wildman–Crippen LogP) is 15.5. The monoisotopic (exact) mass is 1680 g/mol. The number of aromatic nitrogens is 3. The van der Waals surface area contributed by atoms with E-state index >= 15 is 0 Å². The Balaban J connectivity index is 0.000000174. The van der Waals surface area contributed by atoms with Crippen molar-refractivity contribution >= 4 is 80.5 Å². The summed E-state index contributed by atoms with van der Waals surface area (Å²) in [5.41, 5.74) is 9.14. The largest absolute Gasteiger partial charge is 0.493 e. The zero-order valence-electron chi connectivity index (χ0n) is 65.9. The van der Waals surface area contributed by atoms with Crippen LogP contribution < -0.4 is 46.8 Å². The number of carboxylic acid groups (broad SMARTS) is 3. The van der Waals surface area contributed by atoms with E-state index in [2.05, 4.69) is 16.0 Å². The first-order valence-corrected chi connectivity index (χ1v) is 39.3. The van der Waals surface area contributed by atoms with Crippen LogP contribution in [0.1, 0.15) is 108 Å². The molecular formula is C92H85F7N6O15S. The molecule has 9 aromatic carbocycles. The molecule has 21 nitrogen and oxygen atoms in total. The smallest absolute Gasteiger partial charge is 0.326 e. The van der Waals surface area contributed by atoms with Crippen molar-refractivity contribution < 1.29 is 88.5 Å². The van der Waals surface area contributed by atoms with E-state index in [9.17, 15) is 88.7 Å². The molecule has 0 fully saturated rings. The number of nitrogens with zero attached hydrogens (tertiary/aromatic N) is 3. The summed E-state index contributed by atoms with van der Waals surface area (Å²) in [6, 6.07) is 37.8. The Morgan fingerprint density at radius 3 is 0.851 bits per heavy atom. The van der Waals surface area contributed by atoms with Gasteiger partial charge in [0.05, 0.1) is 53.1 Å². The van der Waals surface area contributed by atoms with Crippen molar-refractivity contribution in [1.29, 1.82) is 0 Å². The summed E-state index contributed by atoms with van der Waals surface area (Å²) in [7, 11) is 5.15. The number of para-hydroxylation sites is 3. The third-order valence-corrected chi connectivity index (χ3v) is 21.7. The number of benzene rings is 9. The van der Waals surface area contributed by atoms with Gasteiger partial charge in [0.15, 0.2) is 0 Å². The minimum Gasteiger partial charge on any atom is -0.493 e. The second kappa shape index (κ2) is 38.2. The Morgan fingerprint density at radius 1 is 0.388 bits per heavy atom. The van der Waals surface area contributed by atoms with Crippen LogP contribution >= 0.6 is 12.1 Å². The fourth-order valence-electron chi connectivity index (χ4n) is 15.8. The summed E-state index contributed by atoms with van der Waals surface area (Å²) in [6.45, 7) is 6.96. The lowest BCUT2D eigenvalue weighted by atomic mass is 9.89. The maximum atomic E-state index is 14.1. The van der Waals surface area contributed by atoms with E-state index in [4.69, 9.17) is 14.2 Å². The molecule has 121 heavy (non-hydrogen) atoms. The van der Waals surface area contributed by atoms with Crippen LogP contribution in [0, 0.1) is 55.7 Å². The van der Waals surface area contributed by atoms with Gasteiger partial charge in [-0.25, -0.2) is 40.7 Å². The molecule has 15 rings (SSSR count). The number of rotatable bonds is 18. The number of halogens is 7. The number of ether oxygens (including phenoxy) is 3. The highest BCUT2D eigenvalue weighted by molar-refractivity contribution is 7.93. The van der Waals surface area contributed by atoms with Crippen LogP contribution in [0.2, 0.25) is 0 Å². The van der Waals surface area contributed by atoms with Crippen molar-refractivity contribution in [3.8, 4) is 50.6 Å². The quantitative estimate of drug-likeness (QED) is 0.0435. The second-order valence-corrected chi connectivity index (χ2v) is 29.2. The molecule has 0 saturated carbocycles. The standard InChI is InChI=1S/3C30H26F2N2O5.CH3FS.CH4/c3*1-16-18-7-3-4-11-24(18)34(2)29(36)25(16)20-13-12-17(19-8-6-14-39-27(19)20)15-23(30(37)38)33-28(35)26-21(31)9-5-10-22(26)32;1-3-2;/h3*3-5,7,9-13,23H,6,8,14-15H2,1-2H3,(H,33,35)(H,37,38);1H3;1H4/t3*23-;;/m000../s1. The van der Waals surface area contributed by atoms with Crippen LogP contribution in [-0.2, 0) is 74.1 Å². The van der Waals surface area contributed by atoms with E-state index in [0.717, 1.165) is 121 Å². The summed E-state index contributed by atoms with van der Waals surface area (Å²) in [6.07, 6.45) is 4.73. The molecule has 12 aromatic rings. The first-order valence-electron chi connectivity index (χ1n) is 38.1. The Labute approximate surface area is 693 Å². The molecule has 3 aliphatic rings. The van der Waals surface area contributed by atoms with Crippen molar-refractivity contribution in [3.05, 3.63) is 297 Å². The molecule has 6 heterocycles. The average Bonchev–Trinajstić information content (AvgIpc) is 0.754. The van der Waals surface area contributed by atoms with Crippen LogP contribution in [0.15, 0.2) is 178 Å². The van der Waals surface area contributed by atoms with Crippen LogP contribution in [0.4, 0.5) is 30.2 Å². The van der Waals surface area contributed by atoms with Gasteiger partial charge in [0.25, 0.3) is 34.4 Å². The molecule has 3 aliphatic heterocycles. The van der Waals surface area contributed by atoms with Crippen LogP contribution in [0.3, 0.4) is 0 Å². The topological polar surface area (TPSA) is 293 Å². The van der Waals surface area contributed by atoms with Crippen LogP contribution in [0.25, 0.3) is 66.1 Å². The van der Waals surface area contributed by atoms with Gasteiger partial charge in [0.1, 0.15) is 87.0 Å². The number of aliphatic carboxylic acids is 3. The number of aryl methyl sites for hydroxylation is 6. The van der Waals surface area contributed by atoms with Gasteiger partial charge in [0, 0.05) is 91.7 Å². The molecule has 0 aliphatic carbocycles. The Kier molecular flexibility index (Phi) is 27.9. The van der Waals surface area contributed by atoms with E-state index in [0.29, 0.717) is 126 Å². The molecule has 6 N–H and O–H groups in total. The minimum atomic E-state index is -1.45. The highest BCUT2D eigenvalue weighted by Gasteiger charge is 2.34. The number of hydrogen-bond donors (Lipinski definition) is 6. The van der Waals surface area contributed by atoms with Crippen molar-refractivity contribution in [2.75, 3.05) is 26.1 Å². The molecule has 3 atom stereocenters. The summed E-state index contributed by atoms with van der Waals surface area (Å²) in [5.74, 6) is -12.5. The lowest BCUT2D eigenvalue weighted by Gasteiger charge is -2.25. The Hall–Kier alpha value is -13.3. The van der Waals surface area contributed by atoms with Crippen molar-refractivity contribution in [1.82, 2.24) is 29.7 Å². The lowest BCUT2D eigenvalue weighted by Crippen LogP contribution is -2.43. The van der Waals surface area contributed by atoms with Gasteiger partial charge in [-0.05, 0) is 164 Å². The van der Waals surface area contributed by atoms with Gasteiger partial charge in [-0.1, -0.05) is 117 Å². The van der Waals surface area contributed by atoms with Crippen LogP contribution in [0.5, 0.6) is 17.2 Å². The van der Waals surface area contributed by atoms with Crippen molar-refractivity contribution in [2.24, 2.45) is 21.1 Å². The molecule has 29 heteroatoms. The number of pyridine rings is 3. The first-order chi connectivity index (χ1) is 57.5. The number of carboxylic acids is 3. The molecular weight excluding hydrogens is 1590 g/mol. The molecule has 0 saturated heterocycles. The Bertz CT molecular complexity index is 5650. The predicted molar refractivity (Wildman–Crippen MR) is 448 cm³/mol. The van der Waals surface area contributed by atoms with E-state index in [1.54, 1.807) is 71.2 Å². The zero-order valence-corrected chi connectivity index (χ0v) is 66.8. The third-order valence-electron chi connectivity index (χ3n) is 21.7. The summed E-state index contributed by atoms with van der Waals surface area (Å²) < 4.78 is 118. The number of carbonyl (C=O) groups excluding carboxylic acids is 3. The van der Waals surface area contributed by atoms with Gasteiger partial charge in [-0.3, -0.25) is 28.8 Å². The molecule has 0 bridgehead atoms. The number of amides is 3. The molecule has 0 unspecified atom stereocenters. The Morgan fingerprint density at radius 2 is 0.620 bits per heavy atom. The van der Waals surface area contributed by atoms with E-state index in [-0.39, 0.29) is 55.5 Å². The fourth-order valence-corrected chi connectivity index (χ4v) is 15.8. The maximum Gasteiger partial charge on any atom is 0.326 e. The summed E-state index contributed by atoms with van der Waals surface area (Å²) in [4.78, 5) is 114. The van der Waals surface area contributed by atoms with E-state index in [1.165, 1.54) is 6.26 Å². The summed E-state index contributed by atoms with van der Waals surface area (Å²) in [5, 5.41) is 39.0. The van der Waals surface area contributed by atoms with Gasteiger partial charge >= 0.3 is 17.9 Å². The molecule has 0 radical (unpaired) electrons. The van der Waals surface area contributed by atoms with Gasteiger partial charge in [0.2, 0.25) is 0 Å². The first kappa shape index (κ1) is 88.5. The van der Waals surface area contributed by atoms with E-state index < -0.39 is 105 Å². The van der Waals surface area contributed by atoms with Crippen LogP contribution in [-0.4, -0.2) is 109 Å². The average molecular weight is 1680 g/mol. The number of nitrogens with one attached hydrogen (secondary N) is 3. The molecule has 0 spiro atoms. The normalized spacial score (nSPS) is 13.1. The highest BCUT2D eigenvalue weighted by Crippen LogP contribution is 2.44. The fraction of sp³-hybridized carbons (Fsp3) is 0.250.